The molecule has 6 fully saturated rings. The molecule has 0 atom stereocenters. The van der Waals surface area contributed by atoms with E-state index in [0.29, 0.717) is 30.1 Å². The number of ether oxygens (including phenoxy) is 3. The third-order valence-corrected chi connectivity index (χ3v) is 8.71. The first-order valence-electron chi connectivity index (χ1n) is 12.5. The monoisotopic (exact) mass is 442 g/mol. The van der Waals surface area contributed by atoms with Crippen LogP contribution >= 0.6 is 0 Å². The lowest BCUT2D eigenvalue weighted by Gasteiger charge is -2.57. The van der Waals surface area contributed by atoms with Crippen molar-refractivity contribution in [2.45, 2.75) is 82.2 Å². The van der Waals surface area contributed by atoms with Crippen molar-refractivity contribution < 1.29 is 28.8 Å². The lowest BCUT2D eigenvalue weighted by molar-refractivity contribution is -0.390. The van der Waals surface area contributed by atoms with E-state index in [4.69, 9.17) is 24.0 Å². The molecule has 6 aliphatic rings. The minimum Gasteiger partial charge on any atom is -0.482 e. The molecule has 6 nitrogen and oxygen atoms in total. The summed E-state index contributed by atoms with van der Waals surface area (Å²) < 4.78 is 17.2. The van der Waals surface area contributed by atoms with Gasteiger partial charge < -0.3 is 14.2 Å². The highest BCUT2D eigenvalue weighted by Crippen LogP contribution is 2.64. The van der Waals surface area contributed by atoms with Gasteiger partial charge in [0.25, 0.3) is 0 Å². The molecule has 5 saturated carbocycles. The van der Waals surface area contributed by atoms with Crippen molar-refractivity contribution >= 4 is 5.97 Å². The van der Waals surface area contributed by atoms with Crippen molar-refractivity contribution in [1.29, 1.82) is 0 Å². The van der Waals surface area contributed by atoms with Crippen LogP contribution < -0.4 is 4.74 Å². The predicted molar refractivity (Wildman–Crippen MR) is 116 cm³/mol. The Balaban J connectivity index is 1.06. The topological polar surface area (TPSA) is 63.2 Å². The van der Waals surface area contributed by atoms with Gasteiger partial charge in [0.2, 0.25) is 11.6 Å². The third kappa shape index (κ3) is 3.55. The highest BCUT2D eigenvalue weighted by Gasteiger charge is 2.66. The zero-order chi connectivity index (χ0) is 21.8. The van der Waals surface area contributed by atoms with Crippen molar-refractivity contribution in [1.82, 2.24) is 0 Å². The Labute approximate surface area is 189 Å². The molecule has 4 bridgehead atoms. The van der Waals surface area contributed by atoms with Crippen molar-refractivity contribution in [3.05, 3.63) is 29.8 Å². The van der Waals surface area contributed by atoms with Gasteiger partial charge in [-0.05, 0) is 87.3 Å². The number of rotatable bonds is 5. The van der Waals surface area contributed by atoms with E-state index in [-0.39, 0.29) is 12.6 Å². The molecule has 32 heavy (non-hydrogen) atoms. The first kappa shape index (κ1) is 20.9. The normalized spacial score (nSPS) is 42.0. The summed E-state index contributed by atoms with van der Waals surface area (Å²) in [5, 5.41) is 0. The van der Waals surface area contributed by atoms with Crippen LogP contribution in [0.1, 0.15) is 76.2 Å². The summed E-state index contributed by atoms with van der Waals surface area (Å²) in [5.74, 6) is 2.57. The van der Waals surface area contributed by atoms with Crippen LogP contribution in [0.15, 0.2) is 24.3 Å². The second-order valence-electron chi connectivity index (χ2n) is 10.6. The Hall–Kier alpha value is -1.63. The van der Waals surface area contributed by atoms with Gasteiger partial charge in [0.15, 0.2) is 6.61 Å². The lowest BCUT2D eigenvalue weighted by Crippen LogP contribution is -2.59. The summed E-state index contributed by atoms with van der Waals surface area (Å²) in [6, 6.07) is 8.09. The fourth-order valence-corrected chi connectivity index (χ4v) is 7.37. The molecular formula is C26H34O6. The van der Waals surface area contributed by atoms with Crippen molar-refractivity contribution in [3.63, 3.8) is 0 Å². The zero-order valence-electron chi connectivity index (χ0n) is 18.9. The highest BCUT2D eigenvalue weighted by molar-refractivity contribution is 5.71. The smallest absolute Gasteiger partial charge is 0.344 e. The second kappa shape index (κ2) is 8.00. The Bertz CT molecular complexity index is 812. The van der Waals surface area contributed by atoms with Gasteiger partial charge in [0.05, 0.1) is 6.61 Å². The predicted octanol–water partition coefficient (Wildman–Crippen LogP) is 5.11. The molecule has 7 rings (SSSR count). The zero-order valence-corrected chi connectivity index (χ0v) is 18.9. The van der Waals surface area contributed by atoms with Gasteiger partial charge in [-0.15, -0.1) is 0 Å². The maximum atomic E-state index is 11.5. The van der Waals surface area contributed by atoms with Crippen LogP contribution in [-0.2, 0) is 24.0 Å². The van der Waals surface area contributed by atoms with Crippen molar-refractivity contribution in [2.24, 2.45) is 23.7 Å². The average molecular weight is 443 g/mol. The average Bonchev–Trinajstić information content (AvgIpc) is 3.17. The summed E-state index contributed by atoms with van der Waals surface area (Å²) in [7, 11) is 0. The molecule has 5 aliphatic carbocycles. The Morgan fingerprint density at radius 1 is 0.969 bits per heavy atom. The summed E-state index contributed by atoms with van der Waals surface area (Å²) in [5.41, 5.74) is 1.30. The number of carbonyl (C=O) groups excluding carboxylic acids is 1. The molecule has 1 saturated heterocycles. The molecule has 0 N–H and O–H groups in total. The molecule has 0 amide bonds. The second-order valence-corrected chi connectivity index (χ2v) is 10.6. The van der Waals surface area contributed by atoms with Crippen molar-refractivity contribution in [2.75, 3.05) is 13.2 Å². The molecule has 0 aromatic heterocycles. The van der Waals surface area contributed by atoms with Crippen LogP contribution in [-0.4, -0.2) is 30.8 Å². The standard InChI is InChI=1S/C26H34O6/c1-2-28-24(27)16-29-23-5-3-19(4-6-23)20-7-9-25(10-8-20)30-26(32-31-25)21-12-17-11-18(14-21)15-22(26)13-17/h3-6,17-18,20-22H,2,7-16H2,1H3/t17?,18?,20-,21?,22?,25+,26-. The first-order chi connectivity index (χ1) is 15.6. The fourth-order valence-electron chi connectivity index (χ4n) is 7.37. The molecule has 1 heterocycles. The molecule has 174 valence electrons. The van der Waals surface area contributed by atoms with Gasteiger partial charge in [0, 0.05) is 24.7 Å². The number of esters is 1. The number of hydrogen-bond acceptors (Lipinski definition) is 6. The van der Waals surface area contributed by atoms with E-state index in [1.807, 2.05) is 12.1 Å². The lowest BCUT2D eigenvalue weighted by atomic mass is 9.53. The highest BCUT2D eigenvalue weighted by atomic mass is 17.3. The fraction of sp³-hybridized carbons (Fsp3) is 0.731. The van der Waals surface area contributed by atoms with Crippen LogP contribution in [0.2, 0.25) is 0 Å². The number of benzene rings is 1. The molecule has 2 spiro atoms. The van der Waals surface area contributed by atoms with Crippen LogP contribution in [0.4, 0.5) is 0 Å². The van der Waals surface area contributed by atoms with Crippen LogP contribution in [0, 0.1) is 23.7 Å². The summed E-state index contributed by atoms with van der Waals surface area (Å²) in [6.07, 6.45) is 10.2. The van der Waals surface area contributed by atoms with E-state index >= 15 is 0 Å². The van der Waals surface area contributed by atoms with Gasteiger partial charge in [-0.1, -0.05) is 12.1 Å². The van der Waals surface area contributed by atoms with Crippen molar-refractivity contribution in [3.8, 4) is 5.75 Å². The van der Waals surface area contributed by atoms with E-state index in [9.17, 15) is 4.79 Å². The van der Waals surface area contributed by atoms with E-state index in [1.54, 1.807) is 6.92 Å². The van der Waals surface area contributed by atoms with E-state index in [2.05, 4.69) is 12.1 Å². The molecule has 0 unspecified atom stereocenters. The Kier molecular flexibility index (Phi) is 5.23. The molecule has 1 aromatic carbocycles. The Morgan fingerprint density at radius 2 is 1.62 bits per heavy atom. The van der Waals surface area contributed by atoms with E-state index in [0.717, 1.165) is 37.5 Å². The van der Waals surface area contributed by atoms with Crippen LogP contribution in [0.3, 0.4) is 0 Å². The first-order valence-corrected chi connectivity index (χ1v) is 12.5. The van der Waals surface area contributed by atoms with Crippen LogP contribution in [0.5, 0.6) is 5.75 Å². The van der Waals surface area contributed by atoms with Gasteiger partial charge in [-0.2, -0.15) is 9.78 Å². The minimum absolute atomic E-state index is 0.0565. The minimum atomic E-state index is -0.561. The summed E-state index contributed by atoms with van der Waals surface area (Å²) >= 11 is 0. The molecular weight excluding hydrogens is 408 g/mol. The van der Waals surface area contributed by atoms with Gasteiger partial charge >= 0.3 is 5.97 Å². The summed E-state index contributed by atoms with van der Waals surface area (Å²) in [6.45, 7) is 2.10. The number of hydrogen-bond donors (Lipinski definition) is 0. The van der Waals surface area contributed by atoms with E-state index < -0.39 is 11.6 Å². The maximum Gasteiger partial charge on any atom is 0.344 e. The number of carbonyl (C=O) groups is 1. The van der Waals surface area contributed by atoms with Gasteiger partial charge in [-0.3, -0.25) is 0 Å². The van der Waals surface area contributed by atoms with Gasteiger partial charge in [0.1, 0.15) is 5.75 Å². The largest absolute Gasteiger partial charge is 0.482 e. The SMILES string of the molecule is CCOC(=O)COc1ccc([C@H]2CC[C@]3(CC2)OO[C@]2(O3)C3CC4CC(C3)CC2C4)cc1. The molecule has 1 aliphatic heterocycles. The van der Waals surface area contributed by atoms with Crippen LogP contribution in [0.25, 0.3) is 0 Å². The maximum absolute atomic E-state index is 11.5. The molecule has 6 heteroatoms. The third-order valence-electron chi connectivity index (χ3n) is 8.71. The molecule has 0 radical (unpaired) electrons. The molecule has 1 aromatic rings. The quantitative estimate of drug-likeness (QED) is 0.466. The van der Waals surface area contributed by atoms with Gasteiger partial charge in [-0.25, -0.2) is 4.79 Å². The van der Waals surface area contributed by atoms with E-state index in [1.165, 1.54) is 37.7 Å². The Morgan fingerprint density at radius 3 is 2.25 bits per heavy atom. The summed E-state index contributed by atoms with van der Waals surface area (Å²) in [4.78, 5) is 23.7.